The lowest BCUT2D eigenvalue weighted by Crippen LogP contribution is -2.49. The number of benzene rings is 1. The van der Waals surface area contributed by atoms with Crippen LogP contribution in [0.1, 0.15) is 46.5 Å². The highest BCUT2D eigenvalue weighted by molar-refractivity contribution is 5.68. The third kappa shape index (κ3) is 6.78. The maximum absolute atomic E-state index is 14.3. The largest absolute Gasteiger partial charge is 0.444 e. The number of piperazine rings is 1. The summed E-state index contributed by atoms with van der Waals surface area (Å²) >= 11 is 0. The van der Waals surface area contributed by atoms with Gasteiger partial charge in [-0.1, -0.05) is 0 Å². The average Bonchev–Trinajstić information content (AvgIpc) is 2.68. The van der Waals surface area contributed by atoms with E-state index in [1.54, 1.807) is 0 Å². The van der Waals surface area contributed by atoms with Crippen LogP contribution >= 0.6 is 0 Å². The van der Waals surface area contributed by atoms with Gasteiger partial charge in [-0.05, 0) is 58.4 Å². The number of nitrogens with zero attached hydrogens (tertiary/aromatic N) is 3. The minimum Gasteiger partial charge on any atom is -0.444 e. The number of nitro benzene ring substituents is 1. The van der Waals surface area contributed by atoms with Crippen molar-refractivity contribution in [2.24, 2.45) is 5.92 Å². The van der Waals surface area contributed by atoms with Crippen molar-refractivity contribution >= 4 is 17.5 Å². The fraction of sp³-hybridized carbons (Fsp3) is 0.682. The van der Waals surface area contributed by atoms with Crippen molar-refractivity contribution in [1.82, 2.24) is 10.2 Å². The van der Waals surface area contributed by atoms with Crippen molar-refractivity contribution in [2.75, 3.05) is 37.6 Å². The van der Waals surface area contributed by atoms with Gasteiger partial charge in [0.2, 0.25) is 0 Å². The predicted molar refractivity (Wildman–Crippen MR) is 117 cm³/mol. The number of amides is 1. The third-order valence-corrected chi connectivity index (χ3v) is 5.94. The van der Waals surface area contributed by atoms with Crippen molar-refractivity contribution in [2.45, 2.75) is 58.1 Å². The van der Waals surface area contributed by atoms with Gasteiger partial charge >= 0.3 is 6.09 Å². The van der Waals surface area contributed by atoms with Gasteiger partial charge in [0.15, 0.2) is 5.82 Å². The summed E-state index contributed by atoms with van der Waals surface area (Å²) in [6.07, 6.45) is 3.70. The molecule has 0 unspecified atom stereocenters. The molecule has 8 nitrogen and oxygen atoms in total. The zero-order valence-electron chi connectivity index (χ0n) is 18.6. The molecule has 9 heteroatoms. The van der Waals surface area contributed by atoms with Crippen LogP contribution in [0.5, 0.6) is 0 Å². The molecule has 1 amide bonds. The maximum atomic E-state index is 14.3. The van der Waals surface area contributed by atoms with Gasteiger partial charge in [-0.3, -0.25) is 15.0 Å². The number of rotatable bonds is 5. The minimum atomic E-state index is -0.581. The van der Waals surface area contributed by atoms with Crippen molar-refractivity contribution < 1.29 is 18.8 Å². The topological polar surface area (TPSA) is 88.0 Å². The van der Waals surface area contributed by atoms with Gasteiger partial charge in [0.1, 0.15) is 5.60 Å². The Morgan fingerprint density at radius 1 is 1.19 bits per heavy atom. The van der Waals surface area contributed by atoms with Crippen LogP contribution < -0.4 is 10.2 Å². The first-order valence-corrected chi connectivity index (χ1v) is 11.0. The lowest BCUT2D eigenvalue weighted by molar-refractivity contribution is -0.385. The van der Waals surface area contributed by atoms with E-state index in [2.05, 4.69) is 10.2 Å². The average molecular weight is 437 g/mol. The monoisotopic (exact) mass is 436 g/mol. The Balaban J connectivity index is 1.40. The number of alkyl carbamates (subject to hydrolysis) is 1. The smallest absolute Gasteiger partial charge is 0.407 e. The van der Waals surface area contributed by atoms with Crippen LogP contribution in [-0.4, -0.2) is 60.3 Å². The molecule has 1 aromatic carbocycles. The Hall–Kier alpha value is -2.42. The highest BCUT2D eigenvalue weighted by atomic mass is 19.1. The molecule has 172 valence electrons. The van der Waals surface area contributed by atoms with Crippen LogP contribution in [0, 0.1) is 21.8 Å². The quantitative estimate of drug-likeness (QED) is 0.556. The van der Waals surface area contributed by atoms with Gasteiger partial charge in [0.05, 0.1) is 16.7 Å². The van der Waals surface area contributed by atoms with Crippen molar-refractivity contribution in [3.63, 3.8) is 0 Å². The number of hydrogen-bond donors (Lipinski definition) is 1. The number of ether oxygens (including phenoxy) is 1. The molecule has 1 aliphatic carbocycles. The minimum absolute atomic E-state index is 0.174. The van der Waals surface area contributed by atoms with Crippen LogP contribution in [0.3, 0.4) is 0 Å². The molecule has 3 rings (SSSR count). The maximum Gasteiger partial charge on any atom is 0.407 e. The van der Waals surface area contributed by atoms with Gasteiger partial charge in [0, 0.05) is 44.8 Å². The summed E-state index contributed by atoms with van der Waals surface area (Å²) in [6, 6.07) is 4.02. The lowest BCUT2D eigenvalue weighted by atomic mass is 9.85. The number of halogens is 1. The van der Waals surface area contributed by atoms with Crippen LogP contribution in [0.4, 0.5) is 20.6 Å². The van der Waals surface area contributed by atoms with Crippen LogP contribution in [0.25, 0.3) is 0 Å². The summed E-state index contributed by atoms with van der Waals surface area (Å²) in [5, 5.41) is 13.8. The van der Waals surface area contributed by atoms with E-state index in [4.69, 9.17) is 4.74 Å². The molecule has 0 radical (unpaired) electrons. The van der Waals surface area contributed by atoms with Gasteiger partial charge in [-0.15, -0.1) is 0 Å². The van der Waals surface area contributed by atoms with E-state index in [1.165, 1.54) is 12.1 Å². The second-order valence-corrected chi connectivity index (χ2v) is 9.54. The summed E-state index contributed by atoms with van der Waals surface area (Å²) in [7, 11) is 0. The molecule has 0 spiro atoms. The Bertz CT molecular complexity index is 782. The molecule has 1 N–H and O–H groups in total. The SMILES string of the molecule is CC(C)(C)OC(=O)NC1CCC(CN2CCN(c3ccc([N+](=O)[O-])cc3F)CC2)CC1. The van der Waals surface area contributed by atoms with Crippen LogP contribution in [0.15, 0.2) is 18.2 Å². The van der Waals surface area contributed by atoms with Crippen LogP contribution in [-0.2, 0) is 4.74 Å². The summed E-state index contributed by atoms with van der Waals surface area (Å²) in [5.41, 5.74) is -0.281. The van der Waals surface area contributed by atoms with E-state index in [0.717, 1.165) is 51.4 Å². The fourth-order valence-electron chi connectivity index (χ4n) is 4.37. The Morgan fingerprint density at radius 3 is 2.39 bits per heavy atom. The second kappa shape index (κ2) is 9.80. The molecule has 0 aromatic heterocycles. The molecule has 1 saturated heterocycles. The lowest BCUT2D eigenvalue weighted by Gasteiger charge is -2.39. The van der Waals surface area contributed by atoms with Crippen molar-refractivity contribution in [3.05, 3.63) is 34.1 Å². The van der Waals surface area contributed by atoms with Crippen LogP contribution in [0.2, 0.25) is 0 Å². The van der Waals surface area contributed by atoms with Crippen molar-refractivity contribution in [1.29, 1.82) is 0 Å². The number of nitro groups is 1. The molecule has 1 aliphatic heterocycles. The number of carbonyl (C=O) groups is 1. The Labute approximate surface area is 182 Å². The molecule has 1 saturated carbocycles. The summed E-state index contributed by atoms with van der Waals surface area (Å²) in [4.78, 5) is 26.5. The Morgan fingerprint density at radius 2 is 1.84 bits per heavy atom. The van der Waals surface area contributed by atoms with E-state index in [1.807, 2.05) is 25.7 Å². The molecule has 0 atom stereocenters. The summed E-state index contributed by atoms with van der Waals surface area (Å²) < 4.78 is 19.6. The molecule has 2 fully saturated rings. The highest BCUT2D eigenvalue weighted by Crippen LogP contribution is 2.28. The number of hydrogen-bond acceptors (Lipinski definition) is 6. The fourth-order valence-corrected chi connectivity index (χ4v) is 4.37. The number of carbonyl (C=O) groups excluding carboxylic acids is 1. The van der Waals surface area contributed by atoms with E-state index >= 15 is 0 Å². The molecule has 31 heavy (non-hydrogen) atoms. The molecule has 2 aliphatic rings. The molecular formula is C22H33FN4O4. The van der Waals surface area contributed by atoms with E-state index in [0.29, 0.717) is 24.7 Å². The van der Waals surface area contributed by atoms with Gasteiger partial charge in [0.25, 0.3) is 5.69 Å². The van der Waals surface area contributed by atoms with Gasteiger partial charge in [-0.25, -0.2) is 9.18 Å². The number of nitrogens with one attached hydrogen (secondary N) is 1. The molecule has 1 heterocycles. The predicted octanol–water partition coefficient (Wildman–Crippen LogP) is 3.94. The van der Waals surface area contributed by atoms with E-state index in [-0.39, 0.29) is 17.8 Å². The van der Waals surface area contributed by atoms with Gasteiger partial charge in [-0.2, -0.15) is 0 Å². The first-order valence-electron chi connectivity index (χ1n) is 11.0. The first-order chi connectivity index (χ1) is 14.6. The first kappa shape index (κ1) is 23.2. The van der Waals surface area contributed by atoms with Gasteiger partial charge < -0.3 is 15.0 Å². The normalized spacial score (nSPS) is 22.8. The van der Waals surface area contributed by atoms with E-state index < -0.39 is 16.3 Å². The summed E-state index contributed by atoms with van der Waals surface area (Å²) in [5.74, 6) is 0.0535. The summed E-state index contributed by atoms with van der Waals surface area (Å²) in [6.45, 7) is 9.67. The van der Waals surface area contributed by atoms with Crippen molar-refractivity contribution in [3.8, 4) is 0 Å². The second-order valence-electron chi connectivity index (χ2n) is 9.54. The number of anilines is 1. The Kier molecular flexibility index (Phi) is 7.35. The third-order valence-electron chi connectivity index (χ3n) is 5.94. The molecule has 0 bridgehead atoms. The zero-order valence-corrected chi connectivity index (χ0v) is 18.6. The zero-order chi connectivity index (χ0) is 22.6. The standard InChI is InChI=1S/C22H33FN4O4/c1-22(2,3)31-21(28)24-17-6-4-16(5-7-17)15-25-10-12-26(13-11-25)20-9-8-18(27(29)30)14-19(20)23/h8-9,14,16-17H,4-7,10-13,15H2,1-3H3,(H,24,28). The van der Waals surface area contributed by atoms with E-state index in [9.17, 15) is 19.3 Å². The highest BCUT2D eigenvalue weighted by Gasteiger charge is 2.27. The number of non-ortho nitro benzene ring substituents is 1. The molecule has 1 aromatic rings. The molecular weight excluding hydrogens is 403 g/mol.